The molecule has 0 aliphatic rings. The van der Waals surface area contributed by atoms with Gasteiger partial charge in [0.05, 0.1) is 6.10 Å². The van der Waals surface area contributed by atoms with E-state index in [0.29, 0.717) is 0 Å². The molecule has 0 heterocycles. The average Bonchev–Trinajstić information content (AvgIpc) is 2.26. The number of hydrogen-bond donors (Lipinski definition) is 0. The fourth-order valence-corrected chi connectivity index (χ4v) is 1.67. The molecule has 1 unspecified atom stereocenters. The van der Waals surface area contributed by atoms with Gasteiger partial charge in [-0.15, -0.1) is 0 Å². The van der Waals surface area contributed by atoms with Gasteiger partial charge in [0, 0.05) is 7.11 Å². The molecule has 0 bridgehead atoms. The molecular formula is C13H20O. The smallest absolute Gasteiger partial charge is 0.0821 e. The van der Waals surface area contributed by atoms with Gasteiger partial charge in [-0.25, -0.2) is 0 Å². The van der Waals surface area contributed by atoms with E-state index in [4.69, 9.17) is 4.74 Å². The second kappa shape index (κ2) is 6.61. The Bertz CT molecular complexity index is 230. The van der Waals surface area contributed by atoms with E-state index in [2.05, 4.69) is 31.2 Å². The minimum absolute atomic E-state index is 0.280. The third-order valence-electron chi connectivity index (χ3n) is 2.53. The molecule has 1 aromatic carbocycles. The van der Waals surface area contributed by atoms with Crippen molar-refractivity contribution >= 4 is 0 Å². The summed E-state index contributed by atoms with van der Waals surface area (Å²) in [7, 11) is 1.80. The van der Waals surface area contributed by atoms with Crippen LogP contribution in [-0.2, 0) is 4.74 Å². The molecule has 1 heteroatoms. The summed E-state index contributed by atoms with van der Waals surface area (Å²) >= 11 is 0. The first-order chi connectivity index (χ1) is 6.88. The van der Waals surface area contributed by atoms with Crippen molar-refractivity contribution in [2.75, 3.05) is 7.11 Å². The van der Waals surface area contributed by atoms with Crippen molar-refractivity contribution in [1.29, 1.82) is 0 Å². The van der Waals surface area contributed by atoms with Gasteiger partial charge in [-0.2, -0.15) is 0 Å². The van der Waals surface area contributed by atoms with Gasteiger partial charge in [0.1, 0.15) is 0 Å². The molecule has 1 rings (SSSR count). The second-order valence-electron chi connectivity index (χ2n) is 3.63. The van der Waals surface area contributed by atoms with Crippen LogP contribution < -0.4 is 0 Å². The van der Waals surface area contributed by atoms with Crippen LogP contribution in [0.1, 0.15) is 44.3 Å². The molecule has 1 nitrogen and oxygen atoms in total. The van der Waals surface area contributed by atoms with E-state index in [-0.39, 0.29) is 6.10 Å². The van der Waals surface area contributed by atoms with Crippen molar-refractivity contribution in [2.24, 2.45) is 0 Å². The molecule has 0 radical (unpaired) electrons. The van der Waals surface area contributed by atoms with Crippen LogP contribution in [0.25, 0.3) is 0 Å². The number of unbranched alkanes of at least 4 members (excludes halogenated alkanes) is 2. The lowest BCUT2D eigenvalue weighted by Crippen LogP contribution is -2.00. The van der Waals surface area contributed by atoms with Crippen molar-refractivity contribution in [2.45, 2.75) is 38.7 Å². The highest BCUT2D eigenvalue weighted by molar-refractivity contribution is 5.17. The molecule has 0 spiro atoms. The molecule has 0 aliphatic carbocycles. The van der Waals surface area contributed by atoms with Crippen LogP contribution in [0.4, 0.5) is 0 Å². The number of benzene rings is 1. The summed E-state index contributed by atoms with van der Waals surface area (Å²) < 4.78 is 5.48. The molecule has 1 atom stereocenters. The summed E-state index contributed by atoms with van der Waals surface area (Å²) in [6.07, 6.45) is 5.23. The summed E-state index contributed by atoms with van der Waals surface area (Å²) in [4.78, 5) is 0. The molecule has 0 aromatic heterocycles. The lowest BCUT2D eigenvalue weighted by molar-refractivity contribution is 0.0932. The van der Waals surface area contributed by atoms with E-state index < -0.39 is 0 Å². The minimum Gasteiger partial charge on any atom is -0.377 e. The Balaban J connectivity index is 2.46. The fraction of sp³-hybridized carbons (Fsp3) is 0.538. The van der Waals surface area contributed by atoms with Crippen LogP contribution in [0.15, 0.2) is 30.3 Å². The average molecular weight is 192 g/mol. The van der Waals surface area contributed by atoms with Crippen LogP contribution in [-0.4, -0.2) is 7.11 Å². The third kappa shape index (κ3) is 3.51. The van der Waals surface area contributed by atoms with Crippen molar-refractivity contribution in [1.82, 2.24) is 0 Å². The van der Waals surface area contributed by atoms with Crippen LogP contribution in [0, 0.1) is 0 Å². The van der Waals surface area contributed by atoms with E-state index in [9.17, 15) is 0 Å². The highest BCUT2D eigenvalue weighted by Gasteiger charge is 2.08. The van der Waals surface area contributed by atoms with Gasteiger partial charge < -0.3 is 4.74 Å². The topological polar surface area (TPSA) is 9.23 Å². The van der Waals surface area contributed by atoms with E-state index in [0.717, 1.165) is 6.42 Å². The molecule has 0 saturated carbocycles. The van der Waals surface area contributed by atoms with Gasteiger partial charge >= 0.3 is 0 Å². The lowest BCUT2D eigenvalue weighted by Gasteiger charge is -2.15. The zero-order valence-electron chi connectivity index (χ0n) is 9.20. The third-order valence-corrected chi connectivity index (χ3v) is 2.53. The maximum Gasteiger partial charge on any atom is 0.0821 e. The second-order valence-corrected chi connectivity index (χ2v) is 3.63. The lowest BCUT2D eigenvalue weighted by atomic mass is 10.0. The molecule has 0 saturated heterocycles. The van der Waals surface area contributed by atoms with Gasteiger partial charge in [0.2, 0.25) is 0 Å². The van der Waals surface area contributed by atoms with Crippen LogP contribution in [0.3, 0.4) is 0 Å². The molecular weight excluding hydrogens is 172 g/mol. The maximum absolute atomic E-state index is 5.48. The molecule has 0 fully saturated rings. The van der Waals surface area contributed by atoms with E-state index in [1.807, 2.05) is 6.07 Å². The Morgan fingerprint density at radius 3 is 2.43 bits per heavy atom. The highest BCUT2D eigenvalue weighted by atomic mass is 16.5. The largest absolute Gasteiger partial charge is 0.377 e. The van der Waals surface area contributed by atoms with Gasteiger partial charge in [-0.1, -0.05) is 56.5 Å². The molecule has 1 aromatic rings. The normalized spacial score (nSPS) is 12.7. The monoisotopic (exact) mass is 192 g/mol. The number of rotatable bonds is 6. The Labute approximate surface area is 87.1 Å². The van der Waals surface area contributed by atoms with Gasteiger partial charge in [-0.3, -0.25) is 0 Å². The van der Waals surface area contributed by atoms with Gasteiger partial charge in [0.25, 0.3) is 0 Å². The number of hydrogen-bond acceptors (Lipinski definition) is 1. The number of ether oxygens (including phenoxy) is 1. The Hall–Kier alpha value is -0.820. The summed E-state index contributed by atoms with van der Waals surface area (Å²) in [5, 5.41) is 0. The zero-order valence-corrected chi connectivity index (χ0v) is 9.20. The predicted octanol–water partition coefficient (Wildman–Crippen LogP) is 3.95. The SMILES string of the molecule is CCCCCC(OC)c1ccccc1. The van der Waals surface area contributed by atoms with Crippen molar-refractivity contribution in [3.8, 4) is 0 Å². The Morgan fingerprint density at radius 2 is 1.86 bits per heavy atom. The van der Waals surface area contributed by atoms with Crippen molar-refractivity contribution in [3.63, 3.8) is 0 Å². The molecule has 0 aliphatic heterocycles. The molecule has 78 valence electrons. The quantitative estimate of drug-likeness (QED) is 0.620. The molecule has 14 heavy (non-hydrogen) atoms. The molecule has 0 N–H and O–H groups in total. The summed E-state index contributed by atoms with van der Waals surface area (Å²) in [5.74, 6) is 0. The Morgan fingerprint density at radius 1 is 1.14 bits per heavy atom. The fourth-order valence-electron chi connectivity index (χ4n) is 1.67. The number of methoxy groups -OCH3 is 1. The summed E-state index contributed by atoms with van der Waals surface area (Å²) in [5.41, 5.74) is 1.30. The van der Waals surface area contributed by atoms with Crippen molar-refractivity contribution < 1.29 is 4.74 Å². The van der Waals surface area contributed by atoms with E-state index >= 15 is 0 Å². The highest BCUT2D eigenvalue weighted by Crippen LogP contribution is 2.22. The molecule has 0 amide bonds. The zero-order chi connectivity index (χ0) is 10.2. The summed E-state index contributed by atoms with van der Waals surface area (Å²) in [6, 6.07) is 10.5. The van der Waals surface area contributed by atoms with Gasteiger partial charge in [0.15, 0.2) is 0 Å². The van der Waals surface area contributed by atoms with E-state index in [1.54, 1.807) is 7.11 Å². The standard InChI is InChI=1S/C13H20O/c1-3-4-6-11-13(14-2)12-9-7-5-8-10-12/h5,7-10,13H,3-4,6,11H2,1-2H3. The minimum atomic E-state index is 0.280. The first kappa shape index (κ1) is 11.3. The van der Waals surface area contributed by atoms with Crippen LogP contribution >= 0.6 is 0 Å². The maximum atomic E-state index is 5.48. The van der Waals surface area contributed by atoms with Gasteiger partial charge in [-0.05, 0) is 12.0 Å². The van der Waals surface area contributed by atoms with Crippen LogP contribution in [0.5, 0.6) is 0 Å². The van der Waals surface area contributed by atoms with Crippen LogP contribution in [0.2, 0.25) is 0 Å². The van der Waals surface area contributed by atoms with Crippen molar-refractivity contribution in [3.05, 3.63) is 35.9 Å². The Kier molecular flexibility index (Phi) is 5.31. The first-order valence-electron chi connectivity index (χ1n) is 5.46. The summed E-state index contributed by atoms with van der Waals surface area (Å²) in [6.45, 7) is 2.23. The first-order valence-corrected chi connectivity index (χ1v) is 5.46. The predicted molar refractivity (Wildman–Crippen MR) is 60.3 cm³/mol. The van der Waals surface area contributed by atoms with E-state index in [1.165, 1.54) is 24.8 Å².